The molecule has 0 aliphatic carbocycles. The molecule has 1 unspecified atom stereocenters. The van der Waals surface area contributed by atoms with Gasteiger partial charge in [0.1, 0.15) is 0 Å². The third kappa shape index (κ3) is 2.60. The van der Waals surface area contributed by atoms with Crippen molar-refractivity contribution in [1.82, 2.24) is 15.1 Å². The number of amides is 1. The number of rotatable bonds is 1. The van der Waals surface area contributed by atoms with Gasteiger partial charge >= 0.3 is 6.09 Å². The van der Waals surface area contributed by atoms with Crippen LogP contribution in [0.25, 0.3) is 0 Å². The number of nitrogens with one attached hydrogen (secondary N) is 1. The lowest BCUT2D eigenvalue weighted by atomic mass is 10.1. The summed E-state index contributed by atoms with van der Waals surface area (Å²) in [5.41, 5.74) is 0. The van der Waals surface area contributed by atoms with Gasteiger partial charge in [0, 0.05) is 38.8 Å². The average Bonchev–Trinajstić information content (AvgIpc) is 2.30. The van der Waals surface area contributed by atoms with Gasteiger partial charge in [0.25, 0.3) is 0 Å². The lowest BCUT2D eigenvalue weighted by Crippen LogP contribution is -2.55. The third-order valence-electron chi connectivity index (χ3n) is 3.37. The lowest BCUT2D eigenvalue weighted by molar-refractivity contribution is 0.0772. The Kier molecular flexibility index (Phi) is 3.43. The Labute approximate surface area is 90.0 Å². The number of nitrogens with zero attached hydrogens (tertiary/aromatic N) is 2. The minimum Gasteiger partial charge on any atom is -0.465 e. The minimum atomic E-state index is -0.781. The van der Waals surface area contributed by atoms with Gasteiger partial charge in [-0.2, -0.15) is 0 Å². The summed E-state index contributed by atoms with van der Waals surface area (Å²) in [6.07, 6.45) is 1.71. The maximum atomic E-state index is 10.7. The van der Waals surface area contributed by atoms with Gasteiger partial charge < -0.3 is 15.3 Å². The molecule has 2 rings (SSSR count). The normalized spacial score (nSPS) is 29.1. The predicted molar refractivity (Wildman–Crippen MR) is 57.1 cm³/mol. The monoisotopic (exact) mass is 213 g/mol. The Bertz CT molecular complexity index is 221. The maximum Gasteiger partial charge on any atom is 0.407 e. The van der Waals surface area contributed by atoms with Crippen molar-refractivity contribution in [3.63, 3.8) is 0 Å². The molecule has 5 heteroatoms. The molecule has 0 bridgehead atoms. The van der Waals surface area contributed by atoms with Crippen molar-refractivity contribution in [2.45, 2.75) is 18.9 Å². The molecular weight excluding hydrogens is 194 g/mol. The molecule has 86 valence electrons. The van der Waals surface area contributed by atoms with Crippen LogP contribution in [0, 0.1) is 0 Å². The highest BCUT2D eigenvalue weighted by atomic mass is 16.4. The Morgan fingerprint density at radius 1 is 1.27 bits per heavy atom. The molecule has 1 amide bonds. The highest BCUT2D eigenvalue weighted by molar-refractivity contribution is 5.65. The van der Waals surface area contributed by atoms with Crippen molar-refractivity contribution < 1.29 is 9.90 Å². The Morgan fingerprint density at radius 2 is 2.00 bits per heavy atom. The second-order valence-corrected chi connectivity index (χ2v) is 4.31. The number of carbonyl (C=O) groups is 1. The zero-order valence-electron chi connectivity index (χ0n) is 8.98. The van der Waals surface area contributed by atoms with E-state index in [1.165, 1.54) is 17.7 Å². The van der Waals surface area contributed by atoms with Crippen molar-refractivity contribution in [3.8, 4) is 0 Å². The summed E-state index contributed by atoms with van der Waals surface area (Å²) < 4.78 is 0. The molecule has 15 heavy (non-hydrogen) atoms. The Balaban J connectivity index is 1.79. The van der Waals surface area contributed by atoms with Crippen LogP contribution in [0.2, 0.25) is 0 Å². The van der Waals surface area contributed by atoms with E-state index in [1.807, 2.05) is 0 Å². The van der Waals surface area contributed by atoms with Gasteiger partial charge in [-0.15, -0.1) is 0 Å². The Hall–Kier alpha value is -0.810. The van der Waals surface area contributed by atoms with Crippen LogP contribution in [0.5, 0.6) is 0 Å². The molecule has 1 atom stereocenters. The third-order valence-corrected chi connectivity index (χ3v) is 3.37. The fourth-order valence-electron chi connectivity index (χ4n) is 2.42. The van der Waals surface area contributed by atoms with E-state index in [0.29, 0.717) is 19.1 Å². The van der Waals surface area contributed by atoms with E-state index < -0.39 is 6.09 Å². The summed E-state index contributed by atoms with van der Waals surface area (Å²) in [5.74, 6) is 0. The molecular formula is C10H19N3O2. The second-order valence-electron chi connectivity index (χ2n) is 4.31. The molecule has 2 saturated heterocycles. The van der Waals surface area contributed by atoms with Gasteiger partial charge in [-0.25, -0.2) is 4.79 Å². The Morgan fingerprint density at radius 3 is 2.53 bits per heavy atom. The van der Waals surface area contributed by atoms with E-state index >= 15 is 0 Å². The highest BCUT2D eigenvalue weighted by Crippen LogP contribution is 2.13. The first kappa shape index (κ1) is 10.7. The van der Waals surface area contributed by atoms with E-state index in [-0.39, 0.29) is 0 Å². The summed E-state index contributed by atoms with van der Waals surface area (Å²) in [7, 11) is 0. The van der Waals surface area contributed by atoms with E-state index in [0.717, 1.165) is 26.2 Å². The molecule has 2 fully saturated rings. The van der Waals surface area contributed by atoms with Crippen LogP contribution in [0.3, 0.4) is 0 Å². The van der Waals surface area contributed by atoms with Crippen molar-refractivity contribution in [2.75, 3.05) is 39.3 Å². The van der Waals surface area contributed by atoms with Crippen molar-refractivity contribution in [1.29, 1.82) is 0 Å². The van der Waals surface area contributed by atoms with E-state index in [2.05, 4.69) is 10.2 Å². The molecule has 0 aromatic rings. The molecule has 2 N–H and O–H groups in total. The quantitative estimate of drug-likeness (QED) is 0.645. The van der Waals surface area contributed by atoms with Crippen LogP contribution in [0.1, 0.15) is 12.8 Å². The van der Waals surface area contributed by atoms with Gasteiger partial charge in [-0.05, 0) is 19.4 Å². The van der Waals surface area contributed by atoms with Crippen LogP contribution in [0.4, 0.5) is 4.79 Å². The molecule has 0 spiro atoms. The van der Waals surface area contributed by atoms with E-state index in [1.54, 1.807) is 0 Å². The fourth-order valence-corrected chi connectivity index (χ4v) is 2.42. The van der Waals surface area contributed by atoms with Crippen LogP contribution < -0.4 is 5.32 Å². The van der Waals surface area contributed by atoms with Crippen LogP contribution in [-0.4, -0.2) is 66.3 Å². The highest BCUT2D eigenvalue weighted by Gasteiger charge is 2.26. The fraction of sp³-hybridized carbons (Fsp3) is 0.900. The zero-order valence-corrected chi connectivity index (χ0v) is 8.98. The summed E-state index contributed by atoms with van der Waals surface area (Å²) >= 11 is 0. The topological polar surface area (TPSA) is 55.8 Å². The number of hydrogen-bond acceptors (Lipinski definition) is 3. The number of hydrogen-bond donors (Lipinski definition) is 2. The predicted octanol–water partition coefficient (Wildman–Crippen LogP) is 0.0340. The summed E-state index contributed by atoms with van der Waals surface area (Å²) in [6, 6.07) is 0.620. The summed E-state index contributed by atoms with van der Waals surface area (Å²) in [4.78, 5) is 14.7. The molecule has 0 aromatic heterocycles. The van der Waals surface area contributed by atoms with Crippen LogP contribution in [-0.2, 0) is 0 Å². The summed E-state index contributed by atoms with van der Waals surface area (Å²) in [6.45, 7) is 5.29. The number of piperazine rings is 1. The van der Waals surface area contributed by atoms with Crippen molar-refractivity contribution in [3.05, 3.63) is 0 Å². The zero-order chi connectivity index (χ0) is 10.7. The van der Waals surface area contributed by atoms with E-state index in [4.69, 9.17) is 5.11 Å². The number of carboxylic acid groups (broad SMARTS) is 1. The van der Waals surface area contributed by atoms with Gasteiger partial charge in [-0.3, -0.25) is 4.90 Å². The minimum absolute atomic E-state index is 0.620. The molecule has 0 aromatic carbocycles. The largest absolute Gasteiger partial charge is 0.465 e. The van der Waals surface area contributed by atoms with Gasteiger partial charge in [0.05, 0.1) is 0 Å². The van der Waals surface area contributed by atoms with Crippen LogP contribution in [0.15, 0.2) is 0 Å². The molecule has 2 aliphatic heterocycles. The first-order valence-corrected chi connectivity index (χ1v) is 5.70. The first-order valence-electron chi connectivity index (χ1n) is 5.70. The lowest BCUT2D eigenvalue weighted by Gasteiger charge is -2.39. The standard InChI is InChI=1S/C10H19N3O2/c14-10(15)13-6-4-12(5-7-13)9-2-1-3-11-8-9/h9,11H,1-8H2,(H,14,15). The molecule has 2 aliphatic rings. The molecule has 5 nitrogen and oxygen atoms in total. The summed E-state index contributed by atoms with van der Waals surface area (Å²) in [5, 5.41) is 12.2. The van der Waals surface area contributed by atoms with Gasteiger partial charge in [0.15, 0.2) is 0 Å². The smallest absolute Gasteiger partial charge is 0.407 e. The van der Waals surface area contributed by atoms with Crippen molar-refractivity contribution >= 4 is 6.09 Å². The molecule has 0 saturated carbocycles. The van der Waals surface area contributed by atoms with E-state index in [9.17, 15) is 4.79 Å². The average molecular weight is 213 g/mol. The second kappa shape index (κ2) is 4.81. The molecule has 2 heterocycles. The van der Waals surface area contributed by atoms with Gasteiger partial charge in [-0.1, -0.05) is 0 Å². The maximum absolute atomic E-state index is 10.7. The SMILES string of the molecule is O=C(O)N1CCN(C2CCCNC2)CC1. The van der Waals surface area contributed by atoms with Crippen LogP contribution >= 0.6 is 0 Å². The molecule has 0 radical (unpaired) electrons. The van der Waals surface area contributed by atoms with Gasteiger partial charge in [0.2, 0.25) is 0 Å². The van der Waals surface area contributed by atoms with Crippen molar-refractivity contribution in [2.24, 2.45) is 0 Å². The first-order chi connectivity index (χ1) is 7.27. The number of piperidine rings is 1.